The smallest absolute Gasteiger partial charge is 0.480 e. The summed E-state index contributed by atoms with van der Waals surface area (Å²) in [6, 6.07) is 13.5. The number of carbonyl (C=O) groups excluding carboxylic acids is 2. The first-order valence-electron chi connectivity index (χ1n) is 9.53. The Morgan fingerprint density at radius 2 is 1.93 bits per heavy atom. The van der Waals surface area contributed by atoms with Gasteiger partial charge in [0.2, 0.25) is 6.08 Å². The van der Waals surface area contributed by atoms with E-state index in [4.69, 9.17) is 15.7 Å². The summed E-state index contributed by atoms with van der Waals surface area (Å²) < 4.78 is 4.84. The molecule has 30 heavy (non-hydrogen) atoms. The Bertz CT molecular complexity index is 935. The number of fused-ring (bicyclic) bond motifs is 3. The molecule has 1 aliphatic carbocycles. The van der Waals surface area contributed by atoms with Crippen LogP contribution in [0.3, 0.4) is 0 Å². The highest BCUT2D eigenvalue weighted by Crippen LogP contribution is 2.36. The van der Waals surface area contributed by atoms with Crippen molar-refractivity contribution in [2.24, 2.45) is 10.9 Å². The number of benzene rings is 2. The third-order valence-corrected chi connectivity index (χ3v) is 4.64. The van der Waals surface area contributed by atoms with E-state index >= 15 is 0 Å². The van der Waals surface area contributed by atoms with Crippen molar-refractivity contribution in [2.75, 3.05) is 0 Å². The lowest BCUT2D eigenvalue weighted by Gasteiger charge is -2.06. The summed E-state index contributed by atoms with van der Waals surface area (Å²) in [5.41, 5.74) is 6.00. The minimum Gasteiger partial charge on any atom is -0.480 e. The molecule has 0 aromatic heterocycles. The number of hydrogen-bond acceptors (Lipinski definition) is 7. The van der Waals surface area contributed by atoms with Crippen LogP contribution in [-0.2, 0) is 32.2 Å². The standard InChI is InChI=1S/C15H13NO3.C7H11NO3/c16-19-15(17)18-9-10-5-6-12-8-11-3-1-2-4-13(11)14(12)7-10;1-2-3-4-6(7(10)11)8-5-9/h1-7H,8-9,16H2;6H,2-4H2,1H3,(H,10,11). The average Bonchev–Trinajstić information content (AvgIpc) is 3.13. The first-order valence-corrected chi connectivity index (χ1v) is 9.53. The SMILES string of the molecule is CCCCC(N=C=O)C(=O)O.NOC(=O)OCc1ccc2c(c1)-c1ccccc1C2. The summed E-state index contributed by atoms with van der Waals surface area (Å²) in [7, 11) is 0. The number of isocyanates is 1. The molecule has 1 atom stereocenters. The number of ether oxygens (including phenoxy) is 1. The fraction of sp³-hybridized carbons (Fsp3) is 0.318. The lowest BCUT2D eigenvalue weighted by Crippen LogP contribution is -2.17. The second-order valence-corrected chi connectivity index (χ2v) is 6.70. The molecule has 2 aromatic carbocycles. The van der Waals surface area contributed by atoms with E-state index in [1.54, 1.807) is 0 Å². The van der Waals surface area contributed by atoms with Gasteiger partial charge < -0.3 is 14.7 Å². The van der Waals surface area contributed by atoms with Crippen molar-refractivity contribution in [3.8, 4) is 11.1 Å². The average molecular weight is 412 g/mol. The number of nitrogens with zero attached hydrogens (tertiary/aromatic N) is 1. The highest BCUT2D eigenvalue weighted by Gasteiger charge is 2.18. The molecule has 8 heteroatoms. The molecule has 8 nitrogen and oxygen atoms in total. The van der Waals surface area contributed by atoms with Gasteiger partial charge in [0.05, 0.1) is 0 Å². The quantitative estimate of drug-likeness (QED) is 0.262. The van der Waals surface area contributed by atoms with Gasteiger partial charge in [-0.15, -0.1) is 0 Å². The van der Waals surface area contributed by atoms with Crippen LogP contribution in [0.25, 0.3) is 11.1 Å². The number of unbranched alkanes of at least 4 members (excludes halogenated alkanes) is 1. The van der Waals surface area contributed by atoms with E-state index in [1.807, 2.05) is 31.2 Å². The van der Waals surface area contributed by atoms with Gasteiger partial charge in [0.15, 0.2) is 6.04 Å². The summed E-state index contributed by atoms with van der Waals surface area (Å²) in [6.45, 7) is 2.11. The predicted molar refractivity (Wildman–Crippen MR) is 109 cm³/mol. The van der Waals surface area contributed by atoms with Gasteiger partial charge in [0.1, 0.15) is 6.61 Å². The molecule has 0 bridgehead atoms. The molecule has 3 N–H and O–H groups in total. The molecule has 1 unspecified atom stereocenters. The lowest BCUT2D eigenvalue weighted by atomic mass is 10.0. The number of nitrogens with two attached hydrogens (primary N) is 1. The Morgan fingerprint density at radius 3 is 2.60 bits per heavy atom. The summed E-state index contributed by atoms with van der Waals surface area (Å²) in [6.07, 6.45) is 3.42. The number of hydrogen-bond donors (Lipinski definition) is 2. The zero-order valence-corrected chi connectivity index (χ0v) is 16.7. The second kappa shape index (κ2) is 11.5. The Kier molecular flexibility index (Phi) is 8.75. The van der Waals surface area contributed by atoms with Crippen LogP contribution in [0.2, 0.25) is 0 Å². The Hall–Kier alpha value is -3.48. The number of rotatable bonds is 7. The van der Waals surface area contributed by atoms with E-state index in [9.17, 15) is 14.4 Å². The van der Waals surface area contributed by atoms with Crippen molar-refractivity contribution in [1.82, 2.24) is 0 Å². The molecule has 2 aromatic rings. The van der Waals surface area contributed by atoms with E-state index in [2.05, 4.69) is 28.0 Å². The van der Waals surface area contributed by atoms with Crippen molar-refractivity contribution in [3.05, 3.63) is 59.2 Å². The second-order valence-electron chi connectivity index (χ2n) is 6.70. The zero-order chi connectivity index (χ0) is 21.9. The van der Waals surface area contributed by atoms with Gasteiger partial charge in [-0.1, -0.05) is 56.2 Å². The van der Waals surface area contributed by atoms with Gasteiger partial charge in [-0.3, -0.25) is 0 Å². The van der Waals surface area contributed by atoms with Gasteiger partial charge in [0.25, 0.3) is 0 Å². The maximum Gasteiger partial charge on any atom is 0.527 e. The molecule has 1 aliphatic rings. The van der Waals surface area contributed by atoms with Crippen LogP contribution in [0, 0.1) is 0 Å². The summed E-state index contributed by atoms with van der Waals surface area (Å²) in [5.74, 6) is 3.66. The molecule has 0 aliphatic heterocycles. The largest absolute Gasteiger partial charge is 0.527 e. The highest BCUT2D eigenvalue weighted by atomic mass is 16.8. The molecule has 0 saturated carbocycles. The van der Waals surface area contributed by atoms with E-state index in [0.29, 0.717) is 6.42 Å². The number of carboxylic acid groups (broad SMARTS) is 1. The first-order chi connectivity index (χ1) is 14.5. The fourth-order valence-electron chi connectivity index (χ4n) is 3.14. The molecule has 0 fully saturated rings. The van der Waals surface area contributed by atoms with E-state index in [1.165, 1.54) is 28.3 Å². The van der Waals surface area contributed by atoms with Crippen molar-refractivity contribution < 1.29 is 29.1 Å². The Labute approximate surface area is 174 Å². The molecule has 0 heterocycles. The normalized spacial score (nSPS) is 11.7. The van der Waals surface area contributed by atoms with Crippen molar-refractivity contribution >= 4 is 18.2 Å². The van der Waals surface area contributed by atoms with Crippen LogP contribution in [0.1, 0.15) is 42.9 Å². The van der Waals surface area contributed by atoms with E-state index < -0.39 is 18.2 Å². The predicted octanol–water partition coefficient (Wildman–Crippen LogP) is 3.75. The summed E-state index contributed by atoms with van der Waals surface area (Å²) in [5, 5.41) is 8.46. The third-order valence-electron chi connectivity index (χ3n) is 4.64. The van der Waals surface area contributed by atoms with Gasteiger partial charge in [-0.25, -0.2) is 14.4 Å². The maximum atomic E-state index is 10.8. The topological polar surface area (TPSA) is 128 Å². The van der Waals surface area contributed by atoms with Gasteiger partial charge in [0, 0.05) is 0 Å². The molecule has 0 amide bonds. The maximum absolute atomic E-state index is 10.8. The van der Waals surface area contributed by atoms with Crippen LogP contribution < -0.4 is 5.90 Å². The fourth-order valence-corrected chi connectivity index (χ4v) is 3.14. The van der Waals surface area contributed by atoms with E-state index in [0.717, 1.165) is 24.8 Å². The summed E-state index contributed by atoms with van der Waals surface area (Å²) >= 11 is 0. The first kappa shape index (κ1) is 22.8. The Morgan fingerprint density at radius 1 is 1.20 bits per heavy atom. The van der Waals surface area contributed by atoms with Crippen LogP contribution >= 0.6 is 0 Å². The van der Waals surface area contributed by atoms with Crippen molar-refractivity contribution in [3.63, 3.8) is 0 Å². The molecule has 0 radical (unpaired) electrons. The molecular formula is C22H24N2O6. The number of aliphatic imine (C=N–C) groups is 1. The molecule has 3 rings (SSSR count). The van der Waals surface area contributed by atoms with Crippen molar-refractivity contribution in [2.45, 2.75) is 45.3 Å². The van der Waals surface area contributed by atoms with Crippen LogP contribution in [0.15, 0.2) is 47.5 Å². The monoisotopic (exact) mass is 412 g/mol. The lowest BCUT2D eigenvalue weighted by molar-refractivity contribution is -0.138. The number of aliphatic carboxylic acids is 1. The number of carboxylic acids is 1. The van der Waals surface area contributed by atoms with Crippen LogP contribution in [0.5, 0.6) is 0 Å². The van der Waals surface area contributed by atoms with Gasteiger partial charge in [-0.05, 0) is 46.7 Å². The molecule has 158 valence electrons. The van der Waals surface area contributed by atoms with Crippen LogP contribution in [-0.4, -0.2) is 29.4 Å². The Balaban J connectivity index is 0.000000252. The van der Waals surface area contributed by atoms with Crippen molar-refractivity contribution in [1.29, 1.82) is 0 Å². The number of carbonyl (C=O) groups is 2. The minimum atomic E-state index is -1.05. The highest BCUT2D eigenvalue weighted by molar-refractivity contribution is 5.77. The zero-order valence-electron chi connectivity index (χ0n) is 16.7. The van der Waals surface area contributed by atoms with Gasteiger partial charge in [-0.2, -0.15) is 10.9 Å². The minimum absolute atomic E-state index is 0.158. The molecule has 0 saturated heterocycles. The molecule has 0 spiro atoms. The van der Waals surface area contributed by atoms with E-state index in [-0.39, 0.29) is 6.61 Å². The third kappa shape index (κ3) is 6.27. The molecular weight excluding hydrogens is 388 g/mol. The van der Waals surface area contributed by atoms with Crippen LogP contribution in [0.4, 0.5) is 4.79 Å². The van der Waals surface area contributed by atoms with Gasteiger partial charge >= 0.3 is 12.1 Å². The summed E-state index contributed by atoms with van der Waals surface area (Å²) in [4.78, 5) is 38.0.